The molecule has 1 heterocycles. The van der Waals surface area contributed by atoms with Gasteiger partial charge in [-0.1, -0.05) is 30.3 Å². The van der Waals surface area contributed by atoms with Gasteiger partial charge in [-0.2, -0.15) is 0 Å². The molecule has 1 aliphatic rings. The van der Waals surface area contributed by atoms with E-state index < -0.39 is 60.5 Å². The van der Waals surface area contributed by atoms with Crippen molar-refractivity contribution >= 4 is 11.8 Å². The van der Waals surface area contributed by atoms with Crippen molar-refractivity contribution in [2.45, 2.75) is 36.2 Å². The van der Waals surface area contributed by atoms with E-state index in [1.54, 1.807) is 6.07 Å². The van der Waals surface area contributed by atoms with E-state index in [0.29, 0.717) is 0 Å². The lowest BCUT2D eigenvalue weighted by Crippen LogP contribution is -2.71. The number of Topliss-reactive ketones (excluding diaryl/α,β-unsaturated/α-hetero) is 1. The number of ether oxygens (including phenoxy) is 1. The van der Waals surface area contributed by atoms with E-state index in [9.17, 15) is 35.1 Å². The van der Waals surface area contributed by atoms with E-state index >= 15 is 0 Å². The number of nitrogens with two attached hydrogens (primary N) is 1. The van der Waals surface area contributed by atoms with Crippen LogP contribution >= 0.6 is 0 Å². The van der Waals surface area contributed by atoms with Crippen LogP contribution < -0.4 is 5.73 Å². The monoisotopic (exact) mass is 371 g/mol. The Hall–Kier alpha value is -1.92. The molecule has 1 fully saturated rings. The summed E-state index contributed by atoms with van der Waals surface area (Å²) in [5, 5.41) is 58.7. The second-order valence-electron chi connectivity index (χ2n) is 6.10. The quantitative estimate of drug-likeness (QED) is 0.255. The van der Waals surface area contributed by atoms with E-state index in [-0.39, 0.29) is 5.56 Å². The fourth-order valence-electron chi connectivity index (χ4n) is 2.93. The smallest absolute Gasteiger partial charge is 0.365 e. The molecule has 10 nitrogen and oxygen atoms in total. The molecule has 26 heavy (non-hydrogen) atoms. The van der Waals surface area contributed by atoms with Crippen LogP contribution in [0.3, 0.4) is 0 Å². The lowest BCUT2D eigenvalue weighted by atomic mass is 9.77. The number of benzene rings is 1. The topological polar surface area (TPSA) is 191 Å². The van der Waals surface area contributed by atoms with Crippen LogP contribution in [0.15, 0.2) is 30.3 Å². The average molecular weight is 371 g/mol. The lowest BCUT2D eigenvalue weighted by Gasteiger charge is -2.47. The van der Waals surface area contributed by atoms with Crippen molar-refractivity contribution in [1.29, 1.82) is 0 Å². The van der Waals surface area contributed by atoms with Gasteiger partial charge in [0.15, 0.2) is 5.78 Å². The molecule has 1 aromatic rings. The fraction of sp³-hybridized carbons (Fsp3) is 0.500. The summed E-state index contributed by atoms with van der Waals surface area (Å²) in [5.41, 5.74) is 5.77. The maximum Gasteiger partial charge on any atom is 0.365 e. The first kappa shape index (κ1) is 20.4. The van der Waals surface area contributed by atoms with Crippen LogP contribution in [-0.4, -0.2) is 85.2 Å². The highest BCUT2D eigenvalue weighted by atomic mass is 16.7. The molecule has 0 amide bonds. The molecule has 144 valence electrons. The van der Waals surface area contributed by atoms with E-state index in [0.717, 1.165) is 0 Å². The standard InChI is InChI=1S/C16H21NO9/c17-10-13(22)9(11(20)7-4-2-1-3-5-7)16(25,15(23)24)26-14(10)12(21)8(19)6-18/h1-5,8-10,12-14,18-19,21-22,25H,6,17H2,(H,23,24)/t8-,9?,10-,12-,13+,14-,16-/m1/s1. The number of aliphatic hydroxyl groups is 5. The number of carbonyl (C=O) groups excluding carboxylic acids is 1. The molecule has 7 atom stereocenters. The van der Waals surface area contributed by atoms with E-state index in [1.807, 2.05) is 0 Å². The molecule has 2 rings (SSSR count). The number of aliphatic hydroxyl groups excluding tert-OH is 4. The number of carboxylic acids is 1. The summed E-state index contributed by atoms with van der Waals surface area (Å²) >= 11 is 0. The zero-order chi connectivity index (χ0) is 19.6. The molecular weight excluding hydrogens is 350 g/mol. The summed E-state index contributed by atoms with van der Waals surface area (Å²) in [5.74, 6) is -8.09. The summed E-state index contributed by atoms with van der Waals surface area (Å²) in [6.07, 6.45) is -7.35. The van der Waals surface area contributed by atoms with Gasteiger partial charge >= 0.3 is 5.97 Å². The van der Waals surface area contributed by atoms with Gasteiger partial charge in [0, 0.05) is 5.56 Å². The number of ketones is 1. The van der Waals surface area contributed by atoms with Crippen LogP contribution in [0, 0.1) is 5.92 Å². The summed E-state index contributed by atoms with van der Waals surface area (Å²) < 4.78 is 4.99. The average Bonchev–Trinajstić information content (AvgIpc) is 2.64. The number of carboxylic acid groups (broad SMARTS) is 1. The van der Waals surface area contributed by atoms with Crippen molar-refractivity contribution < 1.29 is 45.0 Å². The molecule has 1 aromatic carbocycles. The fourth-order valence-corrected chi connectivity index (χ4v) is 2.93. The van der Waals surface area contributed by atoms with Crippen LogP contribution in [-0.2, 0) is 9.53 Å². The Morgan fingerprint density at radius 2 is 1.81 bits per heavy atom. The van der Waals surface area contributed by atoms with E-state index in [4.69, 9.17) is 15.6 Å². The van der Waals surface area contributed by atoms with Crippen molar-refractivity contribution in [2.24, 2.45) is 11.7 Å². The van der Waals surface area contributed by atoms with Gasteiger partial charge in [0.1, 0.15) is 24.2 Å². The summed E-state index contributed by atoms with van der Waals surface area (Å²) in [7, 11) is 0. The molecule has 1 saturated heterocycles. The minimum atomic E-state index is -3.21. The maximum atomic E-state index is 12.7. The Balaban J connectivity index is 2.44. The molecule has 1 unspecified atom stereocenters. The van der Waals surface area contributed by atoms with E-state index in [2.05, 4.69) is 0 Å². The number of rotatable bonds is 6. The summed E-state index contributed by atoms with van der Waals surface area (Å²) in [6, 6.07) is 5.82. The Morgan fingerprint density at radius 3 is 2.31 bits per heavy atom. The van der Waals surface area contributed by atoms with Crippen molar-refractivity contribution in [3.05, 3.63) is 35.9 Å². The second-order valence-corrected chi connectivity index (χ2v) is 6.10. The third-order valence-corrected chi connectivity index (χ3v) is 4.42. The first-order chi connectivity index (χ1) is 12.1. The molecule has 0 radical (unpaired) electrons. The second kappa shape index (κ2) is 7.76. The molecule has 0 aliphatic carbocycles. The molecule has 0 spiro atoms. The minimum Gasteiger partial charge on any atom is -0.477 e. The first-order valence-corrected chi connectivity index (χ1v) is 7.78. The van der Waals surface area contributed by atoms with Gasteiger partial charge in [-0.15, -0.1) is 0 Å². The van der Waals surface area contributed by atoms with Crippen molar-refractivity contribution in [1.82, 2.24) is 0 Å². The van der Waals surface area contributed by atoms with Gasteiger partial charge in [-0.25, -0.2) is 4.79 Å². The van der Waals surface area contributed by atoms with Gasteiger partial charge < -0.3 is 41.1 Å². The van der Waals surface area contributed by atoms with Crippen LogP contribution in [0.1, 0.15) is 10.4 Å². The van der Waals surface area contributed by atoms with Crippen LogP contribution in [0.2, 0.25) is 0 Å². The maximum absolute atomic E-state index is 12.7. The number of hydrogen-bond acceptors (Lipinski definition) is 9. The Kier molecular flexibility index (Phi) is 6.09. The van der Waals surface area contributed by atoms with Crippen LogP contribution in [0.25, 0.3) is 0 Å². The highest BCUT2D eigenvalue weighted by Gasteiger charge is 2.61. The molecular formula is C16H21NO9. The summed E-state index contributed by atoms with van der Waals surface area (Å²) in [4.78, 5) is 24.3. The molecule has 0 saturated carbocycles. The number of carbonyl (C=O) groups is 2. The predicted octanol–water partition coefficient (Wildman–Crippen LogP) is -2.94. The summed E-state index contributed by atoms with van der Waals surface area (Å²) in [6.45, 7) is -0.901. The third-order valence-electron chi connectivity index (χ3n) is 4.42. The predicted molar refractivity (Wildman–Crippen MR) is 84.8 cm³/mol. The SMILES string of the molecule is N[C@H]1[C@H]([C@H](O)[C@H](O)CO)O[C@@](O)(C(=O)O)C(C(=O)c2ccccc2)[C@@H]1O. The van der Waals surface area contributed by atoms with Crippen molar-refractivity contribution in [3.8, 4) is 0 Å². The molecule has 1 aliphatic heterocycles. The van der Waals surface area contributed by atoms with Crippen LogP contribution in [0.5, 0.6) is 0 Å². The zero-order valence-electron chi connectivity index (χ0n) is 13.5. The Bertz CT molecular complexity index is 654. The number of aliphatic carboxylic acids is 1. The minimum absolute atomic E-state index is 0.0152. The zero-order valence-corrected chi connectivity index (χ0v) is 13.5. The van der Waals surface area contributed by atoms with Gasteiger partial charge in [0.25, 0.3) is 5.79 Å². The van der Waals surface area contributed by atoms with Crippen LogP contribution in [0.4, 0.5) is 0 Å². The van der Waals surface area contributed by atoms with Gasteiger partial charge in [0.05, 0.1) is 18.8 Å². The van der Waals surface area contributed by atoms with Gasteiger partial charge in [-0.05, 0) is 0 Å². The third kappa shape index (κ3) is 3.48. The molecule has 0 aromatic heterocycles. The normalized spacial score (nSPS) is 34.1. The molecule has 8 N–H and O–H groups in total. The Morgan fingerprint density at radius 1 is 1.23 bits per heavy atom. The molecule has 0 bridgehead atoms. The highest BCUT2D eigenvalue weighted by molar-refractivity contribution is 6.01. The Labute approximate surface area is 148 Å². The van der Waals surface area contributed by atoms with Crippen molar-refractivity contribution in [2.75, 3.05) is 6.61 Å². The first-order valence-electron chi connectivity index (χ1n) is 7.78. The van der Waals surface area contributed by atoms with Crippen molar-refractivity contribution in [3.63, 3.8) is 0 Å². The lowest BCUT2D eigenvalue weighted by molar-refractivity contribution is -0.308. The van der Waals surface area contributed by atoms with Gasteiger partial charge in [-0.3, -0.25) is 4.79 Å². The van der Waals surface area contributed by atoms with Gasteiger partial charge in [0.2, 0.25) is 0 Å². The molecule has 10 heteroatoms. The van der Waals surface area contributed by atoms with E-state index in [1.165, 1.54) is 24.3 Å². The number of hydrogen-bond donors (Lipinski definition) is 7. The highest BCUT2D eigenvalue weighted by Crippen LogP contribution is 2.36. The largest absolute Gasteiger partial charge is 0.477 e.